The molecule has 1 aliphatic carbocycles. The summed E-state index contributed by atoms with van der Waals surface area (Å²) in [4.78, 5) is 11.5. The molecule has 4 heterocycles. The van der Waals surface area contributed by atoms with Gasteiger partial charge < -0.3 is 13.4 Å². The third kappa shape index (κ3) is 5.36. The molecule has 0 radical (unpaired) electrons. The number of aromatic nitrogens is 1. The molecule has 3 unspecified atom stereocenters. The van der Waals surface area contributed by atoms with Crippen LogP contribution in [0.5, 0.6) is 0 Å². The standard InChI is InChI=1S/C58H41N3O2/c1-35-26-31-49(59-57(46-22-13-17-36-14-5-6-18-40(36)46)60-55(35)39-27-28-44-42-20-8-11-24-52(42)62-54(44)34-39)48-30-29-45-43-21-9-12-25-53(43)63-56(45)58(48,2)61-50-23-10-7-19-41(50)47-32-37-15-3-4-16-38(37)33-51(47)61/h3-25,27-35,48H,26H2,1-2H3/b49-31+,59-57?,60-55?. The fraction of sp³-hybridized carbons (Fsp3) is 0.103. The maximum Gasteiger partial charge on any atom is 0.160 e. The summed E-state index contributed by atoms with van der Waals surface area (Å²) in [6.07, 6.45) is 7.75. The van der Waals surface area contributed by atoms with Gasteiger partial charge in [0.1, 0.15) is 28.0 Å². The molecular weight excluding hydrogens is 771 g/mol. The van der Waals surface area contributed by atoms with E-state index in [1.54, 1.807) is 0 Å². The van der Waals surface area contributed by atoms with Gasteiger partial charge in [-0.25, -0.2) is 9.98 Å². The average Bonchev–Trinajstić information content (AvgIpc) is 4.00. The first-order valence-corrected chi connectivity index (χ1v) is 21.9. The molecule has 5 heteroatoms. The van der Waals surface area contributed by atoms with E-state index in [4.69, 9.17) is 18.8 Å². The monoisotopic (exact) mass is 811 g/mol. The number of allylic oxidation sites excluding steroid dienone is 2. The Kier molecular flexibility index (Phi) is 7.77. The van der Waals surface area contributed by atoms with E-state index in [9.17, 15) is 0 Å². The molecule has 13 rings (SSSR count). The predicted octanol–water partition coefficient (Wildman–Crippen LogP) is 15.0. The zero-order valence-electron chi connectivity index (χ0n) is 34.9. The smallest absolute Gasteiger partial charge is 0.160 e. The molecule has 8 aromatic carbocycles. The minimum Gasteiger partial charge on any atom is -0.458 e. The Labute approximate surface area is 363 Å². The Bertz CT molecular complexity index is 3830. The van der Waals surface area contributed by atoms with Gasteiger partial charge in [0.25, 0.3) is 0 Å². The van der Waals surface area contributed by atoms with Gasteiger partial charge in [0.2, 0.25) is 0 Å². The van der Waals surface area contributed by atoms with Crippen molar-refractivity contribution in [1.29, 1.82) is 0 Å². The van der Waals surface area contributed by atoms with Gasteiger partial charge in [0.15, 0.2) is 5.84 Å². The molecule has 2 aliphatic rings. The van der Waals surface area contributed by atoms with Crippen molar-refractivity contribution in [2.75, 3.05) is 0 Å². The van der Waals surface area contributed by atoms with Gasteiger partial charge in [-0.3, -0.25) is 0 Å². The lowest BCUT2D eigenvalue weighted by Gasteiger charge is -2.40. The molecule has 0 saturated heterocycles. The van der Waals surface area contributed by atoms with E-state index in [0.29, 0.717) is 5.84 Å². The first-order chi connectivity index (χ1) is 31.0. The van der Waals surface area contributed by atoms with Crippen LogP contribution >= 0.6 is 0 Å². The zero-order valence-corrected chi connectivity index (χ0v) is 34.9. The number of fused-ring (bicyclic) bond motifs is 11. The first kappa shape index (κ1) is 35.9. The Morgan fingerprint density at radius 3 is 2.06 bits per heavy atom. The van der Waals surface area contributed by atoms with Crippen LogP contribution in [0.1, 0.15) is 42.7 Å². The maximum atomic E-state index is 7.13. The average molecular weight is 812 g/mol. The highest BCUT2D eigenvalue weighted by Crippen LogP contribution is 2.52. The second-order valence-electron chi connectivity index (χ2n) is 17.4. The van der Waals surface area contributed by atoms with Gasteiger partial charge in [-0.05, 0) is 77.4 Å². The van der Waals surface area contributed by atoms with Crippen molar-refractivity contribution in [2.45, 2.75) is 25.8 Å². The fourth-order valence-corrected chi connectivity index (χ4v) is 10.7. The van der Waals surface area contributed by atoms with Gasteiger partial charge in [0.05, 0.1) is 22.7 Å². The zero-order chi connectivity index (χ0) is 41.8. The van der Waals surface area contributed by atoms with Gasteiger partial charge in [0, 0.05) is 55.2 Å². The Morgan fingerprint density at radius 2 is 1.22 bits per heavy atom. The Balaban J connectivity index is 1.07. The van der Waals surface area contributed by atoms with E-state index in [0.717, 1.165) is 95.0 Å². The summed E-state index contributed by atoms with van der Waals surface area (Å²) in [6, 6.07) is 60.4. The molecule has 0 amide bonds. The van der Waals surface area contributed by atoms with E-state index in [1.165, 1.54) is 21.5 Å². The SMILES string of the molecule is CC1C/C=C(\C2C=Cc3c(oc4ccccc34)C2(C)n2c3ccccc3c3cc4ccccc4cc32)N=C(c2cccc3ccccc23)N=C1c1ccc2c(c1)oc1ccccc12. The summed E-state index contributed by atoms with van der Waals surface area (Å²) in [5.74, 6) is 1.43. The molecule has 5 nitrogen and oxygen atoms in total. The molecule has 3 aromatic heterocycles. The van der Waals surface area contributed by atoms with Crippen molar-refractivity contribution < 1.29 is 8.83 Å². The second kappa shape index (κ2) is 13.6. The van der Waals surface area contributed by atoms with Gasteiger partial charge in [-0.2, -0.15) is 0 Å². The quantitative estimate of drug-likeness (QED) is 0.178. The lowest BCUT2D eigenvalue weighted by Crippen LogP contribution is -2.41. The Morgan fingerprint density at radius 1 is 0.556 bits per heavy atom. The van der Waals surface area contributed by atoms with Crippen molar-refractivity contribution in [3.8, 4) is 0 Å². The summed E-state index contributed by atoms with van der Waals surface area (Å²) in [5.41, 5.74) is 9.23. The number of amidine groups is 1. The lowest BCUT2D eigenvalue weighted by atomic mass is 9.74. The third-order valence-corrected chi connectivity index (χ3v) is 13.8. The van der Waals surface area contributed by atoms with Crippen LogP contribution in [-0.4, -0.2) is 16.1 Å². The highest BCUT2D eigenvalue weighted by Gasteiger charge is 2.47. The Hall–Kier alpha value is -7.76. The van der Waals surface area contributed by atoms with E-state index in [2.05, 4.69) is 194 Å². The predicted molar refractivity (Wildman–Crippen MR) is 261 cm³/mol. The number of furan rings is 2. The normalized spacial score (nSPS) is 20.0. The number of nitrogens with zero attached hydrogens (tertiary/aromatic N) is 3. The third-order valence-electron chi connectivity index (χ3n) is 13.8. The second-order valence-corrected chi connectivity index (χ2v) is 17.4. The molecule has 63 heavy (non-hydrogen) atoms. The van der Waals surface area contributed by atoms with Crippen molar-refractivity contribution in [3.63, 3.8) is 0 Å². The van der Waals surface area contributed by atoms with Crippen LogP contribution in [0.15, 0.2) is 207 Å². The number of para-hydroxylation sites is 3. The summed E-state index contributed by atoms with van der Waals surface area (Å²) in [7, 11) is 0. The van der Waals surface area contributed by atoms with Crippen LogP contribution < -0.4 is 0 Å². The lowest BCUT2D eigenvalue weighted by molar-refractivity contribution is 0.276. The molecule has 0 spiro atoms. The fourth-order valence-electron chi connectivity index (χ4n) is 10.7. The summed E-state index contributed by atoms with van der Waals surface area (Å²) in [5, 5.41) is 10.4. The largest absolute Gasteiger partial charge is 0.458 e. The molecular formula is C58H41N3O2. The van der Waals surface area contributed by atoms with E-state index >= 15 is 0 Å². The molecule has 11 aromatic rings. The van der Waals surface area contributed by atoms with Gasteiger partial charge >= 0.3 is 0 Å². The molecule has 0 saturated carbocycles. The van der Waals surface area contributed by atoms with Crippen LogP contribution in [-0.2, 0) is 5.54 Å². The van der Waals surface area contributed by atoms with Crippen LogP contribution in [0, 0.1) is 11.8 Å². The highest BCUT2D eigenvalue weighted by atomic mass is 16.3. The van der Waals surface area contributed by atoms with E-state index < -0.39 is 5.54 Å². The van der Waals surface area contributed by atoms with Gasteiger partial charge in [-0.1, -0.05) is 153 Å². The van der Waals surface area contributed by atoms with Crippen molar-refractivity contribution in [3.05, 3.63) is 210 Å². The maximum absolute atomic E-state index is 7.13. The summed E-state index contributed by atoms with van der Waals surface area (Å²) in [6.45, 7) is 4.64. The number of benzene rings is 8. The minimum absolute atomic E-state index is 0.0579. The van der Waals surface area contributed by atoms with Gasteiger partial charge in [-0.15, -0.1) is 0 Å². The van der Waals surface area contributed by atoms with Crippen LogP contribution in [0.25, 0.3) is 82.3 Å². The van der Waals surface area contributed by atoms with E-state index in [-0.39, 0.29) is 11.8 Å². The molecule has 0 N–H and O–H groups in total. The van der Waals surface area contributed by atoms with Crippen molar-refractivity contribution >= 4 is 93.9 Å². The van der Waals surface area contributed by atoms with Crippen molar-refractivity contribution in [1.82, 2.24) is 4.57 Å². The first-order valence-electron chi connectivity index (χ1n) is 21.9. The number of hydrogen-bond acceptors (Lipinski definition) is 4. The number of rotatable bonds is 4. The minimum atomic E-state index is -0.757. The summed E-state index contributed by atoms with van der Waals surface area (Å²) >= 11 is 0. The number of hydrogen-bond donors (Lipinski definition) is 0. The molecule has 1 aliphatic heterocycles. The van der Waals surface area contributed by atoms with Crippen LogP contribution in [0.4, 0.5) is 0 Å². The molecule has 300 valence electrons. The summed E-state index contributed by atoms with van der Waals surface area (Å²) < 4.78 is 16.1. The topological polar surface area (TPSA) is 55.9 Å². The van der Waals surface area contributed by atoms with Crippen LogP contribution in [0.2, 0.25) is 0 Å². The van der Waals surface area contributed by atoms with Crippen molar-refractivity contribution in [2.24, 2.45) is 21.8 Å². The molecule has 0 bridgehead atoms. The van der Waals surface area contributed by atoms with E-state index in [1.807, 2.05) is 12.1 Å². The number of aliphatic imine (C=N–C) groups is 2. The molecule has 0 fully saturated rings. The highest BCUT2D eigenvalue weighted by molar-refractivity contribution is 6.19. The van der Waals surface area contributed by atoms with Crippen LogP contribution in [0.3, 0.4) is 0 Å². The molecule has 3 atom stereocenters.